The first-order valence-electron chi connectivity index (χ1n) is 9.36. The summed E-state index contributed by atoms with van der Waals surface area (Å²) in [5.74, 6) is -0.995. The van der Waals surface area contributed by atoms with Gasteiger partial charge in [0.2, 0.25) is 0 Å². The summed E-state index contributed by atoms with van der Waals surface area (Å²) in [7, 11) is -4.79. The van der Waals surface area contributed by atoms with Crippen LogP contribution in [-0.4, -0.2) is 34.0 Å². The molecule has 0 aliphatic rings. The number of phenolic OH excluding ortho intramolecular Hbond substituents is 2. The molecule has 0 aliphatic heterocycles. The number of fused-ring (bicyclic) bond motifs is 1. The molecule has 12 heteroatoms. The van der Waals surface area contributed by atoms with Crippen LogP contribution in [0.4, 0.5) is 17.1 Å². The molecule has 5 N–H and O–H groups in total. The third kappa shape index (κ3) is 4.88. The van der Waals surface area contributed by atoms with Crippen LogP contribution in [0, 0.1) is 6.92 Å². The Morgan fingerprint density at radius 2 is 1.84 bits per heavy atom. The average molecular weight is 480 g/mol. The van der Waals surface area contributed by atoms with Crippen molar-refractivity contribution in [3.63, 3.8) is 0 Å². The number of aryl methyl sites for hydroxylation is 1. The number of aromatic hydroxyl groups is 2. The lowest BCUT2D eigenvalue weighted by molar-refractivity contribution is 0.347. The summed E-state index contributed by atoms with van der Waals surface area (Å²) >= 11 is -1.78. The van der Waals surface area contributed by atoms with Crippen molar-refractivity contribution in [3.8, 4) is 11.5 Å². The number of benzene rings is 3. The lowest BCUT2D eigenvalue weighted by Gasteiger charge is -2.11. The van der Waals surface area contributed by atoms with Crippen molar-refractivity contribution in [2.24, 2.45) is 10.2 Å². The van der Waals surface area contributed by atoms with Gasteiger partial charge in [-0.3, -0.25) is 8.74 Å². The monoisotopic (exact) mass is 479 g/mol. The predicted octanol–water partition coefficient (Wildman–Crippen LogP) is 4.25. The molecule has 0 spiro atoms. The third-order valence-corrected chi connectivity index (χ3v) is 6.28. The van der Waals surface area contributed by atoms with Gasteiger partial charge in [-0.1, -0.05) is 13.0 Å². The van der Waals surface area contributed by atoms with Crippen molar-refractivity contribution in [2.45, 2.75) is 30.1 Å². The number of anilines is 1. The number of nitrogens with zero attached hydrogens (tertiary/aromatic N) is 2. The number of rotatable bonds is 7. The standard InChI is InChI=1S/C20H21N3O7S2/c1-3-6-30-31(26)13-4-5-15(16(24)10-13)22-23-19-17(32(27,28)29)9-12-7-11(2)8-14(21)18(12)20(19)25/h4-5,7-10,24-25H,3,6,21H2,1-2H3,(H,27,28,29). The summed E-state index contributed by atoms with van der Waals surface area (Å²) < 4.78 is 50.6. The number of nitrogens with two attached hydrogens (primary N) is 1. The van der Waals surface area contributed by atoms with Gasteiger partial charge in [-0.05, 0) is 48.6 Å². The van der Waals surface area contributed by atoms with E-state index in [4.69, 9.17) is 9.92 Å². The first-order chi connectivity index (χ1) is 15.0. The SMILES string of the molecule is CCCOS(=O)c1ccc(N=Nc2c(S(=O)(=O)O)cc3cc(C)cc(N)c3c2O)c(O)c1. The van der Waals surface area contributed by atoms with E-state index in [1.807, 2.05) is 6.92 Å². The van der Waals surface area contributed by atoms with Crippen molar-refractivity contribution in [3.05, 3.63) is 42.0 Å². The van der Waals surface area contributed by atoms with Crippen LogP contribution in [0.3, 0.4) is 0 Å². The van der Waals surface area contributed by atoms with Gasteiger partial charge in [0.25, 0.3) is 10.1 Å². The maximum Gasteiger partial charge on any atom is 0.296 e. The van der Waals surface area contributed by atoms with E-state index < -0.39 is 43.3 Å². The molecule has 10 nitrogen and oxygen atoms in total. The molecule has 170 valence electrons. The van der Waals surface area contributed by atoms with Gasteiger partial charge in [0, 0.05) is 17.1 Å². The number of nitrogen functional groups attached to an aromatic ring is 1. The summed E-state index contributed by atoms with van der Waals surface area (Å²) in [6, 6.07) is 8.16. The second-order valence-electron chi connectivity index (χ2n) is 6.91. The smallest absolute Gasteiger partial charge is 0.296 e. The highest BCUT2D eigenvalue weighted by molar-refractivity contribution is 7.86. The minimum atomic E-state index is -4.79. The van der Waals surface area contributed by atoms with Crippen LogP contribution in [0.1, 0.15) is 18.9 Å². The molecule has 0 saturated carbocycles. The van der Waals surface area contributed by atoms with E-state index in [0.29, 0.717) is 6.42 Å². The van der Waals surface area contributed by atoms with Gasteiger partial charge in [0.05, 0.1) is 11.5 Å². The molecule has 0 fully saturated rings. The molecule has 0 heterocycles. The van der Waals surface area contributed by atoms with Crippen molar-refractivity contribution >= 4 is 49.0 Å². The van der Waals surface area contributed by atoms with Crippen molar-refractivity contribution < 1.29 is 31.6 Å². The van der Waals surface area contributed by atoms with Gasteiger partial charge in [-0.15, -0.1) is 10.2 Å². The first kappa shape index (κ1) is 23.6. The van der Waals surface area contributed by atoms with Crippen LogP contribution in [0.15, 0.2) is 56.4 Å². The molecule has 0 amide bonds. The predicted molar refractivity (Wildman–Crippen MR) is 120 cm³/mol. The van der Waals surface area contributed by atoms with Gasteiger partial charge in [-0.2, -0.15) is 8.42 Å². The summed E-state index contributed by atoms with van der Waals surface area (Å²) in [5.41, 5.74) is 6.22. The Balaban J connectivity index is 2.10. The molecule has 1 unspecified atom stereocenters. The molecular weight excluding hydrogens is 458 g/mol. The highest BCUT2D eigenvalue weighted by Crippen LogP contribution is 2.44. The zero-order valence-electron chi connectivity index (χ0n) is 17.1. The molecule has 0 aromatic heterocycles. The van der Waals surface area contributed by atoms with Gasteiger partial charge < -0.3 is 15.9 Å². The van der Waals surface area contributed by atoms with E-state index >= 15 is 0 Å². The fraction of sp³-hybridized carbons (Fsp3) is 0.200. The Morgan fingerprint density at radius 3 is 2.47 bits per heavy atom. The minimum Gasteiger partial charge on any atom is -0.506 e. The summed E-state index contributed by atoms with van der Waals surface area (Å²) in [6.45, 7) is 3.87. The van der Waals surface area contributed by atoms with Crippen molar-refractivity contribution in [1.29, 1.82) is 0 Å². The van der Waals surface area contributed by atoms with E-state index in [9.17, 15) is 27.4 Å². The number of hydrogen-bond donors (Lipinski definition) is 4. The van der Waals surface area contributed by atoms with E-state index in [1.165, 1.54) is 18.2 Å². The third-order valence-electron chi connectivity index (χ3n) is 4.39. The second kappa shape index (κ2) is 9.20. The molecule has 0 radical (unpaired) electrons. The second-order valence-corrected chi connectivity index (χ2v) is 9.47. The molecule has 0 bridgehead atoms. The Bertz CT molecular complexity index is 1360. The first-order valence-corrected chi connectivity index (χ1v) is 11.9. The van der Waals surface area contributed by atoms with Crippen molar-refractivity contribution in [1.82, 2.24) is 0 Å². The topological polar surface area (TPSA) is 172 Å². The van der Waals surface area contributed by atoms with Crippen molar-refractivity contribution in [2.75, 3.05) is 12.3 Å². The Hall–Kier alpha value is -3.06. The Labute approximate surface area is 186 Å². The molecule has 3 aromatic rings. The fourth-order valence-corrected chi connectivity index (χ4v) is 4.49. The zero-order valence-corrected chi connectivity index (χ0v) is 18.8. The highest BCUT2D eigenvalue weighted by Gasteiger charge is 2.23. The number of azo groups is 1. The van der Waals surface area contributed by atoms with Gasteiger partial charge >= 0.3 is 0 Å². The molecular formula is C20H21N3O7S2. The van der Waals surface area contributed by atoms with Crippen LogP contribution in [-0.2, 0) is 25.4 Å². The average Bonchev–Trinajstić information content (AvgIpc) is 2.70. The minimum absolute atomic E-state index is 0.0982. The van der Waals surface area contributed by atoms with Gasteiger partial charge in [-0.25, -0.2) is 4.21 Å². The molecule has 0 aliphatic carbocycles. The van der Waals surface area contributed by atoms with Crippen LogP contribution < -0.4 is 5.73 Å². The quantitative estimate of drug-likeness (QED) is 0.221. The molecule has 32 heavy (non-hydrogen) atoms. The maximum atomic E-state index is 12.0. The van der Waals surface area contributed by atoms with Crippen LogP contribution in [0.25, 0.3) is 10.8 Å². The number of hydrogen-bond acceptors (Lipinski definition) is 9. The molecule has 3 aromatic carbocycles. The van der Waals surface area contributed by atoms with E-state index in [-0.39, 0.29) is 33.6 Å². The maximum absolute atomic E-state index is 12.0. The Kier molecular flexibility index (Phi) is 6.79. The lowest BCUT2D eigenvalue weighted by Crippen LogP contribution is -2.00. The summed E-state index contributed by atoms with van der Waals surface area (Å²) in [6.07, 6.45) is 0.666. The van der Waals surface area contributed by atoms with Crippen LogP contribution >= 0.6 is 0 Å². The van der Waals surface area contributed by atoms with E-state index in [0.717, 1.165) is 11.6 Å². The van der Waals surface area contributed by atoms with Crippen LogP contribution in [0.5, 0.6) is 11.5 Å². The summed E-state index contributed by atoms with van der Waals surface area (Å²) in [5, 5.41) is 28.8. The largest absolute Gasteiger partial charge is 0.506 e. The summed E-state index contributed by atoms with van der Waals surface area (Å²) in [4.78, 5) is -0.480. The Morgan fingerprint density at radius 1 is 1.12 bits per heavy atom. The van der Waals surface area contributed by atoms with Gasteiger partial charge in [0.15, 0.2) is 16.8 Å². The molecule has 0 saturated heterocycles. The van der Waals surface area contributed by atoms with Crippen LogP contribution in [0.2, 0.25) is 0 Å². The molecule has 3 rings (SSSR count). The lowest BCUT2D eigenvalue weighted by atomic mass is 10.0. The highest BCUT2D eigenvalue weighted by atomic mass is 32.2. The molecule has 1 atom stereocenters. The van der Waals surface area contributed by atoms with E-state index in [2.05, 4.69) is 10.2 Å². The fourth-order valence-electron chi connectivity index (χ4n) is 2.99. The number of phenols is 2. The van der Waals surface area contributed by atoms with Gasteiger partial charge in [0.1, 0.15) is 22.0 Å². The zero-order chi connectivity index (χ0) is 23.6. The normalized spacial score (nSPS) is 13.1. The van der Waals surface area contributed by atoms with E-state index in [1.54, 1.807) is 19.1 Å².